The van der Waals surface area contributed by atoms with Gasteiger partial charge in [-0.05, 0) is 99.1 Å². The van der Waals surface area contributed by atoms with Crippen LogP contribution in [0, 0.1) is 27.7 Å². The Morgan fingerprint density at radius 2 is 0.558 bits per heavy atom. The van der Waals surface area contributed by atoms with Crippen molar-refractivity contribution in [2.24, 2.45) is 0 Å². The molecule has 1 aromatic heterocycles. The minimum Gasteiger partial charge on any atom is -0.308 e. The molecule has 0 spiro atoms. The quantitative estimate of drug-likeness (QED) is 0.130. The molecule has 0 N–H and O–H groups in total. The van der Waals surface area contributed by atoms with Gasteiger partial charge in [0.1, 0.15) is 11.0 Å². The Bertz CT molecular complexity index is 2470. The van der Waals surface area contributed by atoms with Crippen LogP contribution < -0.4 is 9.80 Å². The summed E-state index contributed by atoms with van der Waals surface area (Å²) in [6.45, 7) is 8.51. The summed E-state index contributed by atoms with van der Waals surface area (Å²) in [4.78, 5) is 16.0. The third-order valence-corrected chi connectivity index (χ3v) is 10.1. The smallest absolute Gasteiger partial charge is 0.116 e. The highest BCUT2D eigenvalue weighted by Crippen LogP contribution is 2.46. The van der Waals surface area contributed by atoms with Crippen LogP contribution >= 0.6 is 0 Å². The van der Waals surface area contributed by atoms with Gasteiger partial charge in [-0.1, -0.05) is 119 Å². The van der Waals surface area contributed by atoms with E-state index in [1.807, 2.05) is 0 Å². The average Bonchev–Trinajstić information content (AvgIpc) is 3.18. The zero-order chi connectivity index (χ0) is 35.3. The molecule has 0 radical (unpaired) electrons. The summed E-state index contributed by atoms with van der Waals surface area (Å²) in [5.41, 5.74) is 14.5. The predicted molar refractivity (Wildman–Crippen MR) is 220 cm³/mol. The van der Waals surface area contributed by atoms with Gasteiger partial charge in [0.15, 0.2) is 0 Å². The van der Waals surface area contributed by atoms with Crippen LogP contribution in [0.4, 0.5) is 34.1 Å². The van der Waals surface area contributed by atoms with E-state index < -0.39 is 0 Å². The first-order valence-corrected chi connectivity index (χ1v) is 17.8. The van der Waals surface area contributed by atoms with Crippen LogP contribution in [0.3, 0.4) is 0 Å². The Kier molecular flexibility index (Phi) is 7.66. The Hall–Kier alpha value is -6.52. The van der Waals surface area contributed by atoms with E-state index in [4.69, 9.17) is 9.97 Å². The highest BCUT2D eigenvalue weighted by Gasteiger charge is 2.24. The molecule has 9 rings (SSSR count). The van der Waals surface area contributed by atoms with Crippen molar-refractivity contribution in [3.63, 3.8) is 0 Å². The molecule has 4 heteroatoms. The Balaban J connectivity index is 1.43. The molecule has 0 amide bonds. The van der Waals surface area contributed by atoms with Crippen molar-refractivity contribution in [3.8, 4) is 0 Å². The molecule has 0 bridgehead atoms. The van der Waals surface area contributed by atoms with E-state index in [-0.39, 0.29) is 0 Å². The first kappa shape index (κ1) is 31.5. The van der Waals surface area contributed by atoms with E-state index in [2.05, 4.69) is 195 Å². The third kappa shape index (κ3) is 5.41. The summed E-state index contributed by atoms with van der Waals surface area (Å²) < 4.78 is 0. The molecule has 0 atom stereocenters. The second-order valence-electron chi connectivity index (χ2n) is 13.8. The Morgan fingerprint density at radius 3 is 0.846 bits per heavy atom. The second kappa shape index (κ2) is 12.7. The van der Waals surface area contributed by atoms with Crippen molar-refractivity contribution in [1.82, 2.24) is 9.97 Å². The van der Waals surface area contributed by atoms with Crippen LogP contribution in [0.2, 0.25) is 0 Å². The monoisotopic (exact) mass is 670 g/mol. The van der Waals surface area contributed by atoms with E-state index in [1.54, 1.807) is 0 Å². The number of anilines is 6. The maximum Gasteiger partial charge on any atom is 0.116 e. The molecule has 0 aliphatic carbocycles. The SMILES string of the molecule is Cc1ccc(N(c2ccc(C)cc2)c2ccc(N(c3ccc(C)cc3)c3ccc(C)cc3)c3nc4c5ccccc5c5ccccc5c4nc23)cc1. The van der Waals surface area contributed by atoms with E-state index >= 15 is 0 Å². The van der Waals surface area contributed by atoms with Crippen LogP contribution in [-0.4, -0.2) is 9.97 Å². The van der Waals surface area contributed by atoms with Crippen LogP contribution in [0.1, 0.15) is 22.3 Å². The normalized spacial score (nSPS) is 11.5. The van der Waals surface area contributed by atoms with Gasteiger partial charge < -0.3 is 9.80 Å². The van der Waals surface area contributed by atoms with Crippen molar-refractivity contribution in [2.45, 2.75) is 27.7 Å². The van der Waals surface area contributed by atoms with E-state index in [1.165, 1.54) is 33.0 Å². The number of benzene rings is 8. The zero-order valence-corrected chi connectivity index (χ0v) is 29.8. The summed E-state index contributed by atoms with van der Waals surface area (Å²) >= 11 is 0. The second-order valence-corrected chi connectivity index (χ2v) is 13.8. The number of rotatable bonds is 6. The maximum atomic E-state index is 5.69. The lowest BCUT2D eigenvalue weighted by molar-refractivity contribution is 1.24. The first-order chi connectivity index (χ1) is 25.4. The number of nitrogens with zero attached hydrogens (tertiary/aromatic N) is 4. The number of aromatic nitrogens is 2. The molecule has 4 nitrogen and oxygen atoms in total. The van der Waals surface area contributed by atoms with Gasteiger partial charge in [0.2, 0.25) is 0 Å². The van der Waals surface area contributed by atoms with Gasteiger partial charge in [0.05, 0.1) is 22.4 Å². The van der Waals surface area contributed by atoms with Gasteiger partial charge in [-0.3, -0.25) is 0 Å². The average molecular weight is 671 g/mol. The number of hydrogen-bond donors (Lipinski definition) is 0. The summed E-state index contributed by atoms with van der Waals surface area (Å²) in [5, 5.41) is 4.53. The molecular formula is C48H38N4. The van der Waals surface area contributed by atoms with Gasteiger partial charge in [-0.15, -0.1) is 0 Å². The van der Waals surface area contributed by atoms with E-state index in [9.17, 15) is 0 Å². The molecule has 0 saturated heterocycles. The lowest BCUT2D eigenvalue weighted by atomic mass is 9.99. The fraction of sp³-hybridized carbons (Fsp3) is 0.0833. The van der Waals surface area contributed by atoms with E-state index in [0.29, 0.717) is 0 Å². The van der Waals surface area contributed by atoms with Gasteiger partial charge in [-0.2, -0.15) is 0 Å². The highest BCUT2D eigenvalue weighted by atomic mass is 15.2. The zero-order valence-electron chi connectivity index (χ0n) is 29.8. The van der Waals surface area contributed by atoms with Gasteiger partial charge in [-0.25, -0.2) is 9.97 Å². The molecular weight excluding hydrogens is 633 g/mol. The molecule has 52 heavy (non-hydrogen) atoms. The molecule has 8 aromatic carbocycles. The Labute approximate surface area is 304 Å². The van der Waals surface area contributed by atoms with Crippen LogP contribution in [0.15, 0.2) is 158 Å². The number of hydrogen-bond acceptors (Lipinski definition) is 4. The largest absolute Gasteiger partial charge is 0.308 e. The summed E-state index contributed by atoms with van der Waals surface area (Å²) in [7, 11) is 0. The topological polar surface area (TPSA) is 32.3 Å². The maximum absolute atomic E-state index is 5.69. The minimum atomic E-state index is 0.829. The van der Waals surface area contributed by atoms with Crippen LogP contribution in [0.5, 0.6) is 0 Å². The molecule has 250 valence electrons. The van der Waals surface area contributed by atoms with E-state index in [0.717, 1.165) is 67.0 Å². The molecule has 0 aliphatic heterocycles. The van der Waals surface area contributed by atoms with Crippen molar-refractivity contribution in [3.05, 3.63) is 180 Å². The molecule has 0 fully saturated rings. The first-order valence-electron chi connectivity index (χ1n) is 17.8. The molecule has 0 saturated carbocycles. The van der Waals surface area contributed by atoms with Crippen molar-refractivity contribution in [2.75, 3.05) is 9.80 Å². The fourth-order valence-electron chi connectivity index (χ4n) is 7.32. The standard InChI is InChI=1S/C48H38N4/c1-31-13-21-35(22-14-31)51(36-23-15-32(2)16-24-36)43-29-30-44(52(37-25-17-33(3)18-26-37)38-27-19-34(4)20-28-38)48-47(43)49-45-41-11-7-5-9-39(41)40-10-6-8-12-42(40)46(45)50-48/h5-30H,1-4H3. The van der Waals surface area contributed by atoms with Crippen molar-refractivity contribution in [1.29, 1.82) is 0 Å². The molecule has 9 aromatic rings. The third-order valence-electron chi connectivity index (χ3n) is 10.1. The molecule has 0 unspecified atom stereocenters. The van der Waals surface area contributed by atoms with Gasteiger partial charge >= 0.3 is 0 Å². The van der Waals surface area contributed by atoms with Crippen LogP contribution in [-0.2, 0) is 0 Å². The molecule has 1 heterocycles. The summed E-state index contributed by atoms with van der Waals surface area (Å²) in [6.07, 6.45) is 0. The molecule has 0 aliphatic rings. The lowest BCUT2D eigenvalue weighted by Gasteiger charge is -2.30. The summed E-state index contributed by atoms with van der Waals surface area (Å²) in [5.74, 6) is 0. The Morgan fingerprint density at radius 1 is 0.288 bits per heavy atom. The fourth-order valence-corrected chi connectivity index (χ4v) is 7.32. The van der Waals surface area contributed by atoms with Gasteiger partial charge in [0.25, 0.3) is 0 Å². The summed E-state index contributed by atoms with van der Waals surface area (Å²) in [6, 6.07) is 56.5. The highest BCUT2D eigenvalue weighted by molar-refractivity contribution is 6.24. The van der Waals surface area contributed by atoms with Crippen molar-refractivity contribution < 1.29 is 0 Å². The number of fused-ring (bicyclic) bond motifs is 7. The van der Waals surface area contributed by atoms with Crippen LogP contribution in [0.25, 0.3) is 43.6 Å². The minimum absolute atomic E-state index is 0.829. The van der Waals surface area contributed by atoms with Crippen molar-refractivity contribution >= 4 is 77.7 Å². The predicted octanol–water partition coefficient (Wildman–Crippen LogP) is 13.3. The number of aryl methyl sites for hydroxylation is 4. The lowest BCUT2D eigenvalue weighted by Crippen LogP contribution is -2.14. The van der Waals surface area contributed by atoms with Gasteiger partial charge in [0, 0.05) is 33.5 Å².